The van der Waals surface area contributed by atoms with Gasteiger partial charge in [-0.05, 0) is 18.6 Å². The first-order valence-electron chi connectivity index (χ1n) is 10.9. The van der Waals surface area contributed by atoms with Crippen LogP contribution in [-0.4, -0.2) is 12.1 Å². The van der Waals surface area contributed by atoms with Gasteiger partial charge in [0.25, 0.3) is 0 Å². The van der Waals surface area contributed by atoms with Crippen LogP contribution in [0.4, 0.5) is 0 Å². The van der Waals surface area contributed by atoms with Gasteiger partial charge in [-0.3, -0.25) is 4.79 Å². The van der Waals surface area contributed by atoms with Gasteiger partial charge in [-0.25, -0.2) is 5.43 Å². The van der Waals surface area contributed by atoms with Gasteiger partial charge in [0.1, 0.15) is 0 Å². The Morgan fingerprint density at radius 1 is 0.857 bits per heavy atom. The number of amides is 1. The lowest BCUT2D eigenvalue weighted by Crippen LogP contribution is -2.16. The Hall–Kier alpha value is -1.06. The number of halogens is 2. The van der Waals surface area contributed by atoms with Crippen molar-refractivity contribution in [3.63, 3.8) is 0 Å². The van der Waals surface area contributed by atoms with Gasteiger partial charge < -0.3 is 0 Å². The maximum atomic E-state index is 11.8. The van der Waals surface area contributed by atoms with E-state index in [1.165, 1.54) is 76.8 Å². The molecular formula is C23H36Cl2N2O. The fraction of sp³-hybridized carbons (Fsp3) is 0.652. The molecule has 0 aliphatic carbocycles. The van der Waals surface area contributed by atoms with Crippen LogP contribution in [0.1, 0.15) is 102 Å². The molecule has 0 aliphatic heterocycles. The smallest absolute Gasteiger partial charge is 0.240 e. The monoisotopic (exact) mass is 426 g/mol. The second-order valence-electron chi connectivity index (χ2n) is 7.42. The topological polar surface area (TPSA) is 41.5 Å². The van der Waals surface area contributed by atoms with Crippen LogP contribution >= 0.6 is 23.2 Å². The Balaban J connectivity index is 1.95. The summed E-state index contributed by atoms with van der Waals surface area (Å²) in [6.45, 7) is 2.26. The predicted molar refractivity (Wildman–Crippen MR) is 123 cm³/mol. The van der Waals surface area contributed by atoms with Crippen molar-refractivity contribution in [1.29, 1.82) is 0 Å². The number of hydrogen-bond acceptors (Lipinski definition) is 2. The molecule has 0 aliphatic rings. The second kappa shape index (κ2) is 16.9. The molecule has 1 aromatic rings. The van der Waals surface area contributed by atoms with Crippen LogP contribution < -0.4 is 5.43 Å². The molecule has 28 heavy (non-hydrogen) atoms. The Morgan fingerprint density at radius 3 is 1.82 bits per heavy atom. The highest BCUT2D eigenvalue weighted by atomic mass is 35.5. The SMILES string of the molecule is CCCCCCCCCCCCCCCC(=O)N/N=C/c1c(Cl)cccc1Cl. The van der Waals surface area contributed by atoms with Gasteiger partial charge in [0.05, 0.1) is 16.3 Å². The average molecular weight is 427 g/mol. The summed E-state index contributed by atoms with van der Waals surface area (Å²) in [6, 6.07) is 5.25. The highest BCUT2D eigenvalue weighted by Gasteiger charge is 2.03. The standard InChI is InChI=1S/C23H36Cl2N2O/c1-2-3-4-5-6-7-8-9-10-11-12-13-14-18-23(28)27-26-19-20-21(24)16-15-17-22(20)25/h15-17,19H,2-14,18H2,1H3,(H,27,28)/b26-19+. The number of nitrogens with zero attached hydrogens (tertiary/aromatic N) is 1. The number of carbonyl (C=O) groups excluding carboxylic acids is 1. The van der Waals surface area contributed by atoms with Crippen molar-refractivity contribution in [2.45, 2.75) is 96.8 Å². The van der Waals surface area contributed by atoms with Crippen LogP contribution in [0, 0.1) is 0 Å². The van der Waals surface area contributed by atoms with E-state index in [1.54, 1.807) is 18.2 Å². The normalized spacial score (nSPS) is 11.2. The molecule has 1 N–H and O–H groups in total. The van der Waals surface area contributed by atoms with Crippen LogP contribution in [0.2, 0.25) is 10.0 Å². The maximum Gasteiger partial charge on any atom is 0.240 e. The summed E-state index contributed by atoms with van der Waals surface area (Å²) in [5.41, 5.74) is 3.16. The first kappa shape index (κ1) is 25.0. The molecule has 0 saturated heterocycles. The molecule has 3 nitrogen and oxygen atoms in total. The van der Waals surface area contributed by atoms with Crippen molar-refractivity contribution in [2.75, 3.05) is 0 Å². The number of carbonyl (C=O) groups is 1. The van der Waals surface area contributed by atoms with Gasteiger partial charge in [0.2, 0.25) is 5.91 Å². The van der Waals surface area contributed by atoms with Gasteiger partial charge in [-0.2, -0.15) is 5.10 Å². The molecule has 0 spiro atoms. The first-order chi connectivity index (χ1) is 13.6. The fourth-order valence-corrected chi connectivity index (χ4v) is 3.66. The van der Waals surface area contributed by atoms with Crippen LogP contribution in [-0.2, 0) is 4.79 Å². The first-order valence-corrected chi connectivity index (χ1v) is 11.7. The molecule has 1 amide bonds. The summed E-state index contributed by atoms with van der Waals surface area (Å²) in [5, 5.41) is 4.98. The third kappa shape index (κ3) is 12.4. The van der Waals surface area contributed by atoms with Gasteiger partial charge in [0.15, 0.2) is 0 Å². The van der Waals surface area contributed by atoms with Crippen molar-refractivity contribution in [2.24, 2.45) is 5.10 Å². The van der Waals surface area contributed by atoms with Gasteiger partial charge in [-0.15, -0.1) is 0 Å². The summed E-state index contributed by atoms with van der Waals surface area (Å²) in [5.74, 6) is -0.0671. The zero-order valence-corrected chi connectivity index (χ0v) is 18.8. The number of rotatable bonds is 16. The van der Waals surface area contributed by atoms with Crippen LogP contribution in [0.15, 0.2) is 23.3 Å². The minimum Gasteiger partial charge on any atom is -0.273 e. The fourth-order valence-electron chi connectivity index (χ4n) is 3.16. The lowest BCUT2D eigenvalue weighted by Gasteiger charge is -2.03. The van der Waals surface area contributed by atoms with Crippen molar-refractivity contribution in [3.05, 3.63) is 33.8 Å². The van der Waals surface area contributed by atoms with Crippen molar-refractivity contribution >= 4 is 35.3 Å². The Labute approximate surface area is 181 Å². The quantitative estimate of drug-likeness (QED) is 0.162. The minimum absolute atomic E-state index is 0.0671. The van der Waals surface area contributed by atoms with E-state index in [1.807, 2.05) is 0 Å². The van der Waals surface area contributed by atoms with Crippen molar-refractivity contribution < 1.29 is 4.79 Å². The number of benzene rings is 1. The molecular weight excluding hydrogens is 391 g/mol. The van der Waals surface area contributed by atoms with Crippen LogP contribution in [0.25, 0.3) is 0 Å². The number of unbranched alkanes of at least 4 members (excludes halogenated alkanes) is 12. The van der Waals surface area contributed by atoms with Crippen molar-refractivity contribution in [1.82, 2.24) is 5.43 Å². The Bertz CT molecular complexity index is 555. The Kier molecular flexibility index (Phi) is 15.0. The summed E-state index contributed by atoms with van der Waals surface area (Å²) in [7, 11) is 0. The molecule has 0 fully saturated rings. The van der Waals surface area contributed by atoms with E-state index in [2.05, 4.69) is 17.5 Å². The summed E-state index contributed by atoms with van der Waals surface area (Å²) >= 11 is 12.1. The third-order valence-electron chi connectivity index (χ3n) is 4.89. The minimum atomic E-state index is -0.0671. The Morgan fingerprint density at radius 2 is 1.32 bits per heavy atom. The lowest BCUT2D eigenvalue weighted by molar-refractivity contribution is -0.121. The van der Waals surface area contributed by atoms with E-state index in [9.17, 15) is 4.79 Å². The summed E-state index contributed by atoms with van der Waals surface area (Å²) in [4.78, 5) is 11.8. The molecule has 158 valence electrons. The molecule has 0 atom stereocenters. The second-order valence-corrected chi connectivity index (χ2v) is 8.24. The lowest BCUT2D eigenvalue weighted by atomic mass is 10.0. The molecule has 0 unspecified atom stereocenters. The zero-order chi connectivity index (χ0) is 20.5. The summed E-state index contributed by atoms with van der Waals surface area (Å²) < 4.78 is 0. The zero-order valence-electron chi connectivity index (χ0n) is 17.3. The highest BCUT2D eigenvalue weighted by Crippen LogP contribution is 2.22. The number of hydrazone groups is 1. The number of hydrogen-bond donors (Lipinski definition) is 1. The predicted octanol–water partition coefficient (Wildman–Crippen LogP) is 7.92. The number of nitrogens with one attached hydrogen (secondary N) is 1. The third-order valence-corrected chi connectivity index (χ3v) is 5.55. The van der Waals surface area contributed by atoms with E-state index in [-0.39, 0.29) is 5.91 Å². The highest BCUT2D eigenvalue weighted by molar-refractivity contribution is 6.38. The summed E-state index contributed by atoms with van der Waals surface area (Å²) in [6.07, 6.45) is 18.9. The molecule has 0 radical (unpaired) electrons. The van der Waals surface area contributed by atoms with E-state index >= 15 is 0 Å². The largest absolute Gasteiger partial charge is 0.273 e. The van der Waals surface area contributed by atoms with E-state index < -0.39 is 0 Å². The maximum absolute atomic E-state index is 11.8. The molecule has 0 saturated carbocycles. The molecule has 0 heterocycles. The van der Waals surface area contributed by atoms with E-state index in [4.69, 9.17) is 23.2 Å². The van der Waals surface area contributed by atoms with Gasteiger partial charge >= 0.3 is 0 Å². The van der Waals surface area contributed by atoms with Gasteiger partial charge in [-0.1, -0.05) is 113 Å². The van der Waals surface area contributed by atoms with Crippen LogP contribution in [0.5, 0.6) is 0 Å². The molecule has 0 bridgehead atoms. The molecule has 1 rings (SSSR count). The molecule has 0 aromatic heterocycles. The molecule has 5 heteroatoms. The van der Waals surface area contributed by atoms with E-state index in [0.717, 1.165) is 12.8 Å². The average Bonchev–Trinajstić information content (AvgIpc) is 2.68. The molecule has 1 aromatic carbocycles. The van der Waals surface area contributed by atoms with E-state index in [0.29, 0.717) is 22.0 Å². The van der Waals surface area contributed by atoms with Crippen molar-refractivity contribution in [3.8, 4) is 0 Å². The van der Waals surface area contributed by atoms with Crippen LogP contribution in [0.3, 0.4) is 0 Å². The van der Waals surface area contributed by atoms with Gasteiger partial charge in [0, 0.05) is 12.0 Å².